The van der Waals surface area contributed by atoms with Crippen molar-refractivity contribution in [1.82, 2.24) is 10.3 Å². The Morgan fingerprint density at radius 1 is 1.17 bits per heavy atom. The number of rotatable bonds is 8. The molecule has 0 aliphatic heterocycles. The normalized spacial score (nSPS) is 10.3. The maximum Gasteiger partial charge on any atom is 0.251 e. The van der Waals surface area contributed by atoms with Crippen molar-refractivity contribution in [3.05, 3.63) is 59.5 Å². The van der Waals surface area contributed by atoms with Crippen molar-refractivity contribution in [3.8, 4) is 0 Å². The van der Waals surface area contributed by atoms with Crippen molar-refractivity contribution < 1.29 is 9.18 Å². The Hall–Kier alpha value is -2.43. The third-order valence-electron chi connectivity index (χ3n) is 3.47. The molecule has 0 aliphatic carbocycles. The summed E-state index contributed by atoms with van der Waals surface area (Å²) in [6, 6.07) is 9.49. The van der Waals surface area contributed by atoms with E-state index in [-0.39, 0.29) is 11.7 Å². The summed E-state index contributed by atoms with van der Waals surface area (Å²) in [6.07, 6.45) is 5.04. The van der Waals surface area contributed by atoms with Gasteiger partial charge >= 0.3 is 0 Å². The van der Waals surface area contributed by atoms with Crippen LogP contribution in [-0.4, -0.2) is 17.4 Å². The summed E-state index contributed by atoms with van der Waals surface area (Å²) in [6.45, 7) is 3.37. The van der Waals surface area contributed by atoms with E-state index >= 15 is 0 Å². The maximum absolute atomic E-state index is 12.8. The van der Waals surface area contributed by atoms with Gasteiger partial charge in [0.2, 0.25) is 0 Å². The van der Waals surface area contributed by atoms with E-state index in [2.05, 4.69) is 22.5 Å². The number of anilines is 1. The molecule has 2 aromatic rings. The van der Waals surface area contributed by atoms with Crippen LogP contribution in [0.3, 0.4) is 0 Å². The molecule has 4 nitrogen and oxygen atoms in total. The molecular weight excluding hydrogens is 293 g/mol. The van der Waals surface area contributed by atoms with Crippen LogP contribution in [0.5, 0.6) is 0 Å². The SMILES string of the molecule is CCCCCNc1cc(C(=O)NCc2ccc(F)cc2)ccn1. The molecule has 23 heavy (non-hydrogen) atoms. The van der Waals surface area contributed by atoms with Crippen molar-refractivity contribution >= 4 is 11.7 Å². The quantitative estimate of drug-likeness (QED) is 0.729. The van der Waals surface area contributed by atoms with E-state index < -0.39 is 0 Å². The van der Waals surface area contributed by atoms with E-state index in [9.17, 15) is 9.18 Å². The lowest BCUT2D eigenvalue weighted by Crippen LogP contribution is -2.23. The van der Waals surface area contributed by atoms with Crippen molar-refractivity contribution in [1.29, 1.82) is 0 Å². The Balaban J connectivity index is 1.87. The monoisotopic (exact) mass is 315 g/mol. The summed E-state index contributed by atoms with van der Waals surface area (Å²) >= 11 is 0. The molecule has 0 aliphatic rings. The molecule has 0 spiro atoms. The average Bonchev–Trinajstić information content (AvgIpc) is 2.58. The van der Waals surface area contributed by atoms with E-state index in [1.54, 1.807) is 30.5 Å². The number of benzene rings is 1. The molecule has 0 bridgehead atoms. The van der Waals surface area contributed by atoms with Crippen LogP contribution in [0, 0.1) is 5.82 Å². The first kappa shape index (κ1) is 16.9. The van der Waals surface area contributed by atoms with Gasteiger partial charge in [-0.15, -0.1) is 0 Å². The molecule has 0 unspecified atom stereocenters. The number of carbonyl (C=O) groups is 1. The highest BCUT2D eigenvalue weighted by Crippen LogP contribution is 2.08. The Morgan fingerprint density at radius 2 is 1.96 bits per heavy atom. The lowest BCUT2D eigenvalue weighted by molar-refractivity contribution is 0.0951. The zero-order chi connectivity index (χ0) is 16.5. The number of carbonyl (C=O) groups excluding carboxylic acids is 1. The second kappa shape index (κ2) is 8.88. The molecule has 1 aromatic carbocycles. The standard InChI is InChI=1S/C18H22FN3O/c1-2-3-4-10-20-17-12-15(9-11-21-17)18(23)22-13-14-5-7-16(19)8-6-14/h5-9,11-12H,2-4,10,13H2,1H3,(H,20,21)(H,22,23). The predicted molar refractivity (Wildman–Crippen MR) is 89.8 cm³/mol. The third-order valence-corrected chi connectivity index (χ3v) is 3.47. The molecule has 0 radical (unpaired) electrons. The van der Waals surface area contributed by atoms with E-state index in [4.69, 9.17) is 0 Å². The van der Waals surface area contributed by atoms with Gasteiger partial charge in [0.1, 0.15) is 11.6 Å². The molecule has 1 heterocycles. The lowest BCUT2D eigenvalue weighted by atomic mass is 10.2. The summed E-state index contributed by atoms with van der Waals surface area (Å²) in [7, 11) is 0. The van der Waals surface area contributed by atoms with Gasteiger partial charge in [-0.25, -0.2) is 9.37 Å². The fourth-order valence-electron chi connectivity index (χ4n) is 2.15. The van der Waals surface area contributed by atoms with Gasteiger partial charge in [-0.3, -0.25) is 4.79 Å². The number of amides is 1. The Morgan fingerprint density at radius 3 is 2.70 bits per heavy atom. The minimum absolute atomic E-state index is 0.173. The summed E-state index contributed by atoms with van der Waals surface area (Å²) in [4.78, 5) is 16.4. The lowest BCUT2D eigenvalue weighted by Gasteiger charge is -2.08. The van der Waals surface area contributed by atoms with Crippen molar-refractivity contribution in [3.63, 3.8) is 0 Å². The van der Waals surface area contributed by atoms with Crippen LogP contribution >= 0.6 is 0 Å². The zero-order valence-electron chi connectivity index (χ0n) is 13.3. The molecule has 0 fully saturated rings. The van der Waals surface area contributed by atoms with Crippen LogP contribution in [-0.2, 0) is 6.54 Å². The van der Waals surface area contributed by atoms with E-state index in [0.29, 0.717) is 17.9 Å². The van der Waals surface area contributed by atoms with Gasteiger partial charge in [0.05, 0.1) is 0 Å². The predicted octanol–water partition coefficient (Wildman–Crippen LogP) is 3.75. The molecule has 0 saturated carbocycles. The number of unbranched alkanes of at least 4 members (excludes halogenated alkanes) is 2. The molecule has 0 saturated heterocycles. The topological polar surface area (TPSA) is 54.0 Å². The fraction of sp³-hybridized carbons (Fsp3) is 0.333. The highest BCUT2D eigenvalue weighted by atomic mass is 19.1. The largest absolute Gasteiger partial charge is 0.370 e. The zero-order valence-corrected chi connectivity index (χ0v) is 13.3. The van der Waals surface area contributed by atoms with Gasteiger partial charge in [-0.2, -0.15) is 0 Å². The minimum atomic E-state index is -0.284. The first-order valence-electron chi connectivity index (χ1n) is 7.91. The summed E-state index contributed by atoms with van der Waals surface area (Å²) in [5.41, 5.74) is 1.41. The molecule has 2 rings (SSSR count). The van der Waals surface area contributed by atoms with Crippen molar-refractivity contribution in [2.24, 2.45) is 0 Å². The molecule has 5 heteroatoms. The first-order valence-corrected chi connectivity index (χ1v) is 7.91. The Kier molecular flexibility index (Phi) is 6.54. The van der Waals surface area contributed by atoms with Crippen LogP contribution in [0.2, 0.25) is 0 Å². The summed E-state index contributed by atoms with van der Waals surface area (Å²) in [5.74, 6) is 0.247. The van der Waals surface area contributed by atoms with Gasteiger partial charge in [0.15, 0.2) is 0 Å². The van der Waals surface area contributed by atoms with Crippen LogP contribution in [0.4, 0.5) is 10.2 Å². The molecule has 122 valence electrons. The Labute approximate surface area is 136 Å². The molecular formula is C18H22FN3O. The second-order valence-corrected chi connectivity index (χ2v) is 5.37. The van der Waals surface area contributed by atoms with Gasteiger partial charge < -0.3 is 10.6 Å². The Bertz CT molecular complexity index is 628. The highest BCUT2D eigenvalue weighted by Gasteiger charge is 2.06. The summed E-state index contributed by atoms with van der Waals surface area (Å²) < 4.78 is 12.8. The molecule has 2 N–H and O–H groups in total. The van der Waals surface area contributed by atoms with Crippen LogP contribution in [0.15, 0.2) is 42.6 Å². The summed E-state index contributed by atoms with van der Waals surface area (Å²) in [5, 5.41) is 6.04. The molecule has 1 aromatic heterocycles. The van der Waals surface area contributed by atoms with Crippen LogP contribution < -0.4 is 10.6 Å². The van der Waals surface area contributed by atoms with Gasteiger partial charge in [0.25, 0.3) is 5.91 Å². The van der Waals surface area contributed by atoms with E-state index in [1.165, 1.54) is 25.0 Å². The number of halogens is 1. The van der Waals surface area contributed by atoms with Crippen molar-refractivity contribution in [2.45, 2.75) is 32.7 Å². The number of hydrogen-bond acceptors (Lipinski definition) is 3. The van der Waals surface area contributed by atoms with Gasteiger partial charge in [0, 0.05) is 24.8 Å². The van der Waals surface area contributed by atoms with E-state index in [1.807, 2.05) is 0 Å². The number of nitrogens with one attached hydrogen (secondary N) is 2. The van der Waals surface area contributed by atoms with E-state index in [0.717, 1.165) is 18.5 Å². The van der Waals surface area contributed by atoms with Gasteiger partial charge in [-0.1, -0.05) is 31.9 Å². The number of pyridine rings is 1. The third kappa shape index (κ3) is 5.70. The van der Waals surface area contributed by atoms with Crippen LogP contribution in [0.25, 0.3) is 0 Å². The number of hydrogen-bond donors (Lipinski definition) is 2. The number of nitrogens with zero attached hydrogens (tertiary/aromatic N) is 1. The van der Waals surface area contributed by atoms with Gasteiger partial charge in [-0.05, 0) is 36.2 Å². The highest BCUT2D eigenvalue weighted by molar-refractivity contribution is 5.94. The van der Waals surface area contributed by atoms with Crippen LogP contribution in [0.1, 0.15) is 42.1 Å². The average molecular weight is 315 g/mol. The first-order chi connectivity index (χ1) is 11.2. The smallest absolute Gasteiger partial charge is 0.251 e. The number of aromatic nitrogens is 1. The molecule has 0 atom stereocenters. The van der Waals surface area contributed by atoms with Crippen molar-refractivity contribution in [2.75, 3.05) is 11.9 Å². The maximum atomic E-state index is 12.8. The second-order valence-electron chi connectivity index (χ2n) is 5.37. The minimum Gasteiger partial charge on any atom is -0.370 e. The fourth-order valence-corrected chi connectivity index (χ4v) is 2.15. The molecule has 1 amide bonds.